The van der Waals surface area contributed by atoms with E-state index in [1.807, 2.05) is 44.0 Å². The number of rotatable bonds is 3. The summed E-state index contributed by atoms with van der Waals surface area (Å²) in [6.07, 6.45) is 10.0. The number of hydrogen-bond acceptors (Lipinski definition) is 4. The van der Waals surface area contributed by atoms with Crippen LogP contribution in [0.2, 0.25) is 0 Å². The van der Waals surface area contributed by atoms with E-state index in [0.717, 1.165) is 57.1 Å². The van der Waals surface area contributed by atoms with Crippen LogP contribution < -0.4 is 4.90 Å². The lowest BCUT2D eigenvalue weighted by Gasteiger charge is -2.36. The standard InChI is InChI=1S/C23H35N3O3/c1-17(27)25-15-9-8-12-20(25)18-13-14-21(24-16-18)26(19-10-6-5-7-11-19)22(28)29-23(2,3)4/h13-14,16,19-20H,5-12,15H2,1-4H3/t20-/m0/s1. The number of piperidine rings is 1. The lowest BCUT2D eigenvalue weighted by Crippen LogP contribution is -2.45. The summed E-state index contributed by atoms with van der Waals surface area (Å²) in [4.78, 5) is 33.4. The van der Waals surface area contributed by atoms with E-state index in [0.29, 0.717) is 5.82 Å². The SMILES string of the molecule is CC(=O)N1CCCC[C@H]1c1ccc(N(C(=O)OC(C)(C)C)C2CCCCC2)nc1. The number of pyridine rings is 1. The molecule has 29 heavy (non-hydrogen) atoms. The Kier molecular flexibility index (Phi) is 6.81. The number of aromatic nitrogens is 1. The number of anilines is 1. The van der Waals surface area contributed by atoms with Gasteiger partial charge in [0.15, 0.2) is 0 Å². The van der Waals surface area contributed by atoms with Crippen molar-refractivity contribution in [2.45, 2.75) is 96.7 Å². The molecule has 1 saturated heterocycles. The van der Waals surface area contributed by atoms with Gasteiger partial charge in [-0.25, -0.2) is 9.78 Å². The normalized spacial score (nSPS) is 21.0. The minimum atomic E-state index is -0.548. The molecule has 2 amide bonds. The Balaban J connectivity index is 1.84. The van der Waals surface area contributed by atoms with E-state index in [9.17, 15) is 9.59 Å². The van der Waals surface area contributed by atoms with Gasteiger partial charge in [0, 0.05) is 25.7 Å². The first-order valence-corrected chi connectivity index (χ1v) is 11.0. The molecule has 0 spiro atoms. The van der Waals surface area contributed by atoms with Gasteiger partial charge in [-0.3, -0.25) is 9.69 Å². The van der Waals surface area contributed by atoms with Crippen LogP contribution in [0.5, 0.6) is 0 Å². The topological polar surface area (TPSA) is 62.7 Å². The lowest BCUT2D eigenvalue weighted by atomic mass is 9.94. The summed E-state index contributed by atoms with van der Waals surface area (Å²) in [5.74, 6) is 0.747. The average Bonchev–Trinajstić information content (AvgIpc) is 2.68. The Hall–Kier alpha value is -2.11. The molecule has 1 aliphatic heterocycles. The van der Waals surface area contributed by atoms with Crippen molar-refractivity contribution in [3.05, 3.63) is 23.9 Å². The van der Waals surface area contributed by atoms with Gasteiger partial charge in [-0.05, 0) is 64.5 Å². The predicted molar refractivity (Wildman–Crippen MR) is 114 cm³/mol. The summed E-state index contributed by atoms with van der Waals surface area (Å²) in [6.45, 7) is 8.10. The smallest absolute Gasteiger partial charge is 0.416 e. The molecule has 160 valence electrons. The molecule has 1 saturated carbocycles. The Labute approximate surface area is 174 Å². The van der Waals surface area contributed by atoms with Crippen molar-refractivity contribution in [1.29, 1.82) is 0 Å². The van der Waals surface area contributed by atoms with Gasteiger partial charge < -0.3 is 9.64 Å². The molecular formula is C23H35N3O3. The van der Waals surface area contributed by atoms with Crippen LogP contribution in [-0.4, -0.2) is 40.1 Å². The van der Waals surface area contributed by atoms with Gasteiger partial charge in [0.1, 0.15) is 11.4 Å². The van der Waals surface area contributed by atoms with Gasteiger partial charge in [0.05, 0.1) is 6.04 Å². The van der Waals surface area contributed by atoms with Crippen LogP contribution in [0.4, 0.5) is 10.6 Å². The highest BCUT2D eigenvalue weighted by molar-refractivity contribution is 5.87. The van der Waals surface area contributed by atoms with Crippen LogP contribution in [0.3, 0.4) is 0 Å². The molecule has 0 unspecified atom stereocenters. The molecule has 0 bridgehead atoms. The highest BCUT2D eigenvalue weighted by atomic mass is 16.6. The van der Waals surface area contributed by atoms with Crippen LogP contribution in [0.15, 0.2) is 18.3 Å². The zero-order chi connectivity index (χ0) is 21.0. The predicted octanol–water partition coefficient (Wildman–Crippen LogP) is 5.23. The fourth-order valence-electron chi connectivity index (χ4n) is 4.47. The van der Waals surface area contributed by atoms with Crippen molar-refractivity contribution in [1.82, 2.24) is 9.88 Å². The van der Waals surface area contributed by atoms with Crippen LogP contribution in [0, 0.1) is 0 Å². The van der Waals surface area contributed by atoms with Crippen molar-refractivity contribution in [2.24, 2.45) is 0 Å². The van der Waals surface area contributed by atoms with Gasteiger partial charge in [-0.1, -0.05) is 25.3 Å². The number of nitrogens with zero attached hydrogens (tertiary/aromatic N) is 3. The largest absolute Gasteiger partial charge is 0.443 e. The summed E-state index contributed by atoms with van der Waals surface area (Å²) >= 11 is 0. The zero-order valence-corrected chi connectivity index (χ0v) is 18.3. The van der Waals surface area contributed by atoms with Gasteiger partial charge in [-0.15, -0.1) is 0 Å². The number of ether oxygens (including phenoxy) is 1. The number of hydrogen-bond donors (Lipinski definition) is 0. The first kappa shape index (κ1) is 21.6. The fraction of sp³-hybridized carbons (Fsp3) is 0.696. The summed E-state index contributed by atoms with van der Waals surface area (Å²) in [5, 5.41) is 0. The van der Waals surface area contributed by atoms with E-state index in [2.05, 4.69) is 4.98 Å². The first-order valence-electron chi connectivity index (χ1n) is 11.0. The maximum Gasteiger partial charge on any atom is 0.416 e. The summed E-state index contributed by atoms with van der Waals surface area (Å²) in [5.41, 5.74) is 0.491. The Morgan fingerprint density at radius 1 is 1.07 bits per heavy atom. The quantitative estimate of drug-likeness (QED) is 0.696. The minimum Gasteiger partial charge on any atom is -0.443 e. The molecule has 2 aliphatic rings. The van der Waals surface area contributed by atoms with Crippen LogP contribution in [-0.2, 0) is 9.53 Å². The first-order chi connectivity index (χ1) is 13.8. The maximum atomic E-state index is 13.0. The van der Waals surface area contributed by atoms with Crippen molar-refractivity contribution >= 4 is 17.8 Å². The third kappa shape index (κ3) is 5.49. The van der Waals surface area contributed by atoms with Crippen molar-refractivity contribution in [3.63, 3.8) is 0 Å². The second kappa shape index (κ2) is 9.14. The van der Waals surface area contributed by atoms with E-state index < -0.39 is 5.60 Å². The third-order valence-electron chi connectivity index (χ3n) is 5.84. The molecule has 6 heteroatoms. The number of likely N-dealkylation sites (tertiary alicyclic amines) is 1. The Morgan fingerprint density at radius 3 is 2.34 bits per heavy atom. The molecule has 0 radical (unpaired) electrons. The second-order valence-electron chi connectivity index (χ2n) is 9.32. The molecule has 1 aromatic heterocycles. The van der Waals surface area contributed by atoms with Crippen LogP contribution in [0.1, 0.15) is 90.7 Å². The molecule has 3 rings (SSSR count). The van der Waals surface area contributed by atoms with Crippen LogP contribution in [0.25, 0.3) is 0 Å². The molecule has 6 nitrogen and oxygen atoms in total. The maximum absolute atomic E-state index is 13.0. The number of carbonyl (C=O) groups excluding carboxylic acids is 2. The van der Waals surface area contributed by atoms with Crippen molar-refractivity contribution < 1.29 is 14.3 Å². The van der Waals surface area contributed by atoms with Crippen LogP contribution >= 0.6 is 0 Å². The number of amides is 2. The van der Waals surface area contributed by atoms with Gasteiger partial charge in [0.25, 0.3) is 0 Å². The van der Waals surface area contributed by atoms with Crippen molar-refractivity contribution in [3.8, 4) is 0 Å². The number of carbonyl (C=O) groups is 2. The van der Waals surface area contributed by atoms with E-state index in [-0.39, 0.29) is 24.1 Å². The highest BCUT2D eigenvalue weighted by Crippen LogP contribution is 2.33. The molecule has 1 atom stereocenters. The zero-order valence-electron chi connectivity index (χ0n) is 18.3. The third-order valence-corrected chi connectivity index (χ3v) is 5.84. The highest BCUT2D eigenvalue weighted by Gasteiger charge is 2.32. The lowest BCUT2D eigenvalue weighted by molar-refractivity contribution is -0.132. The summed E-state index contributed by atoms with van der Waals surface area (Å²) < 4.78 is 5.70. The van der Waals surface area contributed by atoms with Gasteiger partial charge >= 0.3 is 6.09 Å². The molecular weight excluding hydrogens is 366 g/mol. The Morgan fingerprint density at radius 2 is 1.76 bits per heavy atom. The van der Waals surface area contributed by atoms with E-state index in [1.165, 1.54) is 6.42 Å². The molecule has 1 aliphatic carbocycles. The van der Waals surface area contributed by atoms with Crippen molar-refractivity contribution in [2.75, 3.05) is 11.4 Å². The van der Waals surface area contributed by atoms with E-state index in [1.54, 1.807) is 11.8 Å². The second-order valence-corrected chi connectivity index (χ2v) is 9.32. The Bertz CT molecular complexity index is 705. The molecule has 2 heterocycles. The summed E-state index contributed by atoms with van der Waals surface area (Å²) in [6, 6.07) is 4.14. The molecule has 0 aromatic carbocycles. The van der Waals surface area contributed by atoms with E-state index >= 15 is 0 Å². The molecule has 0 N–H and O–H groups in total. The minimum absolute atomic E-state index is 0.0763. The van der Waals surface area contributed by atoms with E-state index in [4.69, 9.17) is 4.74 Å². The summed E-state index contributed by atoms with van der Waals surface area (Å²) in [7, 11) is 0. The van der Waals surface area contributed by atoms with Gasteiger partial charge in [-0.2, -0.15) is 0 Å². The average molecular weight is 402 g/mol. The fourth-order valence-corrected chi connectivity index (χ4v) is 4.47. The molecule has 1 aromatic rings. The molecule has 2 fully saturated rings. The monoisotopic (exact) mass is 401 g/mol. The van der Waals surface area contributed by atoms with Gasteiger partial charge in [0.2, 0.25) is 5.91 Å².